The van der Waals surface area contributed by atoms with Crippen LogP contribution in [-0.2, 0) is 0 Å². The fourth-order valence-corrected chi connectivity index (χ4v) is 3.36. The summed E-state index contributed by atoms with van der Waals surface area (Å²) in [5, 5.41) is 9.68. The van der Waals surface area contributed by atoms with E-state index in [2.05, 4.69) is 31.2 Å². The van der Waals surface area contributed by atoms with Crippen LogP contribution in [0.5, 0.6) is 17.2 Å². The summed E-state index contributed by atoms with van der Waals surface area (Å²) in [6.45, 7) is 2.58. The van der Waals surface area contributed by atoms with Gasteiger partial charge in [-0.1, -0.05) is 42.0 Å². The molecule has 130 valence electrons. The van der Waals surface area contributed by atoms with Crippen LogP contribution in [0.1, 0.15) is 22.3 Å². The fraction of sp³-hybridized carbons (Fsp3) is 0.130. The molecule has 3 nitrogen and oxygen atoms in total. The van der Waals surface area contributed by atoms with E-state index < -0.39 is 0 Å². The van der Waals surface area contributed by atoms with Gasteiger partial charge in [0.05, 0.1) is 7.11 Å². The number of phenolic OH excluding ortho intramolecular Hbond substituents is 1. The molecule has 0 unspecified atom stereocenters. The van der Waals surface area contributed by atoms with Crippen molar-refractivity contribution < 1.29 is 14.6 Å². The topological polar surface area (TPSA) is 38.7 Å². The standard InChI is InChI=1S/C23H20O3/c1-15-4-3-5-17(12-15)21-14-26-22-13-19(25-2)10-11-20(22)23(21)16-6-8-18(24)9-7-16/h3-13,24H,14H2,1-2H3. The number of benzene rings is 3. The van der Waals surface area contributed by atoms with Crippen molar-refractivity contribution in [3.63, 3.8) is 0 Å². The molecular formula is C23H20O3. The lowest BCUT2D eigenvalue weighted by Gasteiger charge is -2.25. The number of hydrogen-bond acceptors (Lipinski definition) is 3. The summed E-state index contributed by atoms with van der Waals surface area (Å²) >= 11 is 0. The lowest BCUT2D eigenvalue weighted by atomic mass is 9.87. The first-order valence-electron chi connectivity index (χ1n) is 8.56. The normalized spacial score (nSPS) is 13.2. The van der Waals surface area contributed by atoms with Crippen LogP contribution in [0.25, 0.3) is 11.1 Å². The van der Waals surface area contributed by atoms with Crippen LogP contribution in [0.4, 0.5) is 0 Å². The summed E-state index contributed by atoms with van der Waals surface area (Å²) < 4.78 is 11.4. The van der Waals surface area contributed by atoms with E-state index in [1.807, 2.05) is 30.3 Å². The minimum absolute atomic E-state index is 0.258. The number of aromatic hydroxyl groups is 1. The largest absolute Gasteiger partial charge is 0.508 e. The van der Waals surface area contributed by atoms with Crippen LogP contribution in [0, 0.1) is 6.92 Å². The van der Waals surface area contributed by atoms with Gasteiger partial charge in [-0.15, -0.1) is 0 Å². The lowest BCUT2D eigenvalue weighted by Crippen LogP contribution is -2.12. The summed E-state index contributed by atoms with van der Waals surface area (Å²) in [6.07, 6.45) is 0. The second-order valence-corrected chi connectivity index (χ2v) is 6.42. The Hall–Kier alpha value is -3.20. The molecule has 0 aliphatic carbocycles. The minimum Gasteiger partial charge on any atom is -0.508 e. The van der Waals surface area contributed by atoms with Gasteiger partial charge in [-0.05, 0) is 47.9 Å². The molecule has 4 rings (SSSR count). The van der Waals surface area contributed by atoms with Gasteiger partial charge in [-0.2, -0.15) is 0 Å². The molecule has 26 heavy (non-hydrogen) atoms. The van der Waals surface area contributed by atoms with E-state index in [1.54, 1.807) is 19.2 Å². The number of fused-ring (bicyclic) bond motifs is 1. The van der Waals surface area contributed by atoms with Crippen LogP contribution in [0.15, 0.2) is 66.7 Å². The molecule has 1 heterocycles. The van der Waals surface area contributed by atoms with Gasteiger partial charge in [0.15, 0.2) is 0 Å². The predicted octanol–water partition coefficient (Wildman–Crippen LogP) is 5.06. The third-order valence-electron chi connectivity index (χ3n) is 4.65. The van der Waals surface area contributed by atoms with Crippen molar-refractivity contribution in [2.75, 3.05) is 13.7 Å². The number of hydrogen-bond donors (Lipinski definition) is 1. The zero-order chi connectivity index (χ0) is 18.1. The van der Waals surface area contributed by atoms with Gasteiger partial charge >= 0.3 is 0 Å². The van der Waals surface area contributed by atoms with Crippen molar-refractivity contribution in [1.82, 2.24) is 0 Å². The third kappa shape index (κ3) is 2.92. The number of methoxy groups -OCH3 is 1. The van der Waals surface area contributed by atoms with Gasteiger partial charge in [0.2, 0.25) is 0 Å². The van der Waals surface area contributed by atoms with Crippen molar-refractivity contribution >= 4 is 11.1 Å². The maximum atomic E-state index is 9.68. The highest BCUT2D eigenvalue weighted by Crippen LogP contribution is 2.42. The summed E-state index contributed by atoms with van der Waals surface area (Å²) in [7, 11) is 1.65. The SMILES string of the molecule is COc1ccc2c(c1)OCC(c1cccc(C)c1)=C2c1ccc(O)cc1. The van der Waals surface area contributed by atoms with Gasteiger partial charge < -0.3 is 14.6 Å². The monoisotopic (exact) mass is 344 g/mol. The Morgan fingerprint density at radius 2 is 1.73 bits per heavy atom. The molecule has 0 aromatic heterocycles. The minimum atomic E-state index is 0.258. The molecule has 0 atom stereocenters. The molecule has 1 N–H and O–H groups in total. The maximum Gasteiger partial charge on any atom is 0.131 e. The molecule has 1 aliphatic rings. The first-order chi connectivity index (χ1) is 12.7. The Morgan fingerprint density at radius 1 is 0.923 bits per heavy atom. The molecule has 0 amide bonds. The van der Waals surface area contributed by atoms with Crippen molar-refractivity contribution in [3.8, 4) is 17.2 Å². The Labute approximate surface area is 153 Å². The second kappa shape index (κ2) is 6.60. The molecular weight excluding hydrogens is 324 g/mol. The van der Waals surface area contributed by atoms with E-state index in [0.29, 0.717) is 6.61 Å². The number of phenols is 1. The molecule has 0 bridgehead atoms. The zero-order valence-corrected chi connectivity index (χ0v) is 14.8. The van der Waals surface area contributed by atoms with Crippen LogP contribution in [-0.4, -0.2) is 18.8 Å². The molecule has 0 spiro atoms. The van der Waals surface area contributed by atoms with E-state index >= 15 is 0 Å². The summed E-state index contributed by atoms with van der Waals surface area (Å²) in [5.41, 5.74) is 6.69. The highest BCUT2D eigenvalue weighted by Gasteiger charge is 2.23. The molecule has 0 fully saturated rings. The molecule has 1 aliphatic heterocycles. The van der Waals surface area contributed by atoms with Gasteiger partial charge in [-0.3, -0.25) is 0 Å². The maximum absolute atomic E-state index is 9.68. The van der Waals surface area contributed by atoms with Crippen LogP contribution < -0.4 is 9.47 Å². The average Bonchev–Trinajstić information content (AvgIpc) is 2.67. The number of aryl methyl sites for hydroxylation is 1. The van der Waals surface area contributed by atoms with E-state index in [4.69, 9.17) is 9.47 Å². The Balaban J connectivity index is 1.97. The average molecular weight is 344 g/mol. The smallest absolute Gasteiger partial charge is 0.131 e. The Bertz CT molecular complexity index is 985. The van der Waals surface area contributed by atoms with Crippen molar-refractivity contribution in [1.29, 1.82) is 0 Å². The van der Waals surface area contributed by atoms with Gasteiger partial charge in [0, 0.05) is 17.2 Å². The van der Waals surface area contributed by atoms with Crippen molar-refractivity contribution in [3.05, 3.63) is 89.0 Å². The van der Waals surface area contributed by atoms with E-state index in [1.165, 1.54) is 5.56 Å². The first kappa shape index (κ1) is 16.3. The predicted molar refractivity (Wildman–Crippen MR) is 104 cm³/mol. The van der Waals surface area contributed by atoms with Gasteiger partial charge in [0.25, 0.3) is 0 Å². The zero-order valence-electron chi connectivity index (χ0n) is 14.8. The van der Waals surface area contributed by atoms with Crippen LogP contribution >= 0.6 is 0 Å². The van der Waals surface area contributed by atoms with Crippen molar-refractivity contribution in [2.24, 2.45) is 0 Å². The Morgan fingerprint density at radius 3 is 2.46 bits per heavy atom. The van der Waals surface area contributed by atoms with E-state index in [0.717, 1.165) is 39.3 Å². The first-order valence-corrected chi connectivity index (χ1v) is 8.56. The molecule has 3 heteroatoms. The van der Waals surface area contributed by atoms with Crippen LogP contribution in [0.2, 0.25) is 0 Å². The lowest BCUT2D eigenvalue weighted by molar-refractivity contribution is 0.358. The van der Waals surface area contributed by atoms with E-state index in [-0.39, 0.29) is 5.75 Å². The summed E-state index contributed by atoms with van der Waals surface area (Å²) in [6, 6.07) is 21.7. The van der Waals surface area contributed by atoms with Crippen molar-refractivity contribution in [2.45, 2.75) is 6.92 Å². The number of rotatable bonds is 3. The Kier molecular flexibility index (Phi) is 4.13. The molecule has 0 radical (unpaired) electrons. The summed E-state index contributed by atoms with van der Waals surface area (Å²) in [4.78, 5) is 0. The fourth-order valence-electron chi connectivity index (χ4n) is 3.36. The number of ether oxygens (including phenoxy) is 2. The van der Waals surface area contributed by atoms with Gasteiger partial charge in [0.1, 0.15) is 23.9 Å². The van der Waals surface area contributed by atoms with Gasteiger partial charge in [-0.25, -0.2) is 0 Å². The molecule has 0 saturated carbocycles. The quantitative estimate of drug-likeness (QED) is 0.722. The summed E-state index contributed by atoms with van der Waals surface area (Å²) in [5.74, 6) is 1.84. The van der Waals surface area contributed by atoms with E-state index in [9.17, 15) is 5.11 Å². The molecule has 3 aromatic rings. The third-order valence-corrected chi connectivity index (χ3v) is 4.65. The highest BCUT2D eigenvalue weighted by molar-refractivity contribution is 6.01. The molecule has 3 aromatic carbocycles. The molecule has 0 saturated heterocycles. The van der Waals surface area contributed by atoms with Crippen LogP contribution in [0.3, 0.4) is 0 Å². The highest BCUT2D eigenvalue weighted by atomic mass is 16.5. The second-order valence-electron chi connectivity index (χ2n) is 6.42.